The Hall–Kier alpha value is -3.36. The lowest BCUT2D eigenvalue weighted by molar-refractivity contribution is -0.126. The molecule has 9 heteroatoms. The second-order valence-corrected chi connectivity index (χ2v) is 8.36. The smallest absolute Gasteiger partial charge is 0.409 e. The van der Waals surface area contributed by atoms with Crippen molar-refractivity contribution in [1.29, 1.82) is 0 Å². The number of aromatic nitrogens is 2. The highest BCUT2D eigenvalue weighted by Crippen LogP contribution is 2.26. The highest BCUT2D eigenvalue weighted by atomic mass is 16.6. The van der Waals surface area contributed by atoms with Crippen LogP contribution in [-0.4, -0.2) is 65.7 Å². The van der Waals surface area contributed by atoms with Crippen molar-refractivity contribution >= 4 is 17.8 Å². The number of likely N-dealkylation sites (tertiary alicyclic amines) is 1. The molecule has 2 amide bonds. The molecule has 33 heavy (non-hydrogen) atoms. The van der Waals surface area contributed by atoms with Gasteiger partial charge in [0.15, 0.2) is 0 Å². The fourth-order valence-corrected chi connectivity index (χ4v) is 4.28. The first kappa shape index (κ1) is 22.8. The van der Waals surface area contributed by atoms with Crippen molar-refractivity contribution in [2.24, 2.45) is 5.92 Å². The first-order valence-corrected chi connectivity index (χ1v) is 11.6. The molecule has 2 fully saturated rings. The van der Waals surface area contributed by atoms with Crippen LogP contribution >= 0.6 is 0 Å². The van der Waals surface area contributed by atoms with Crippen LogP contribution in [-0.2, 0) is 9.53 Å². The first-order valence-electron chi connectivity index (χ1n) is 11.6. The van der Waals surface area contributed by atoms with Gasteiger partial charge in [-0.1, -0.05) is 18.2 Å². The zero-order valence-electron chi connectivity index (χ0n) is 19.0. The molecular weight excluding hydrogens is 422 g/mol. The minimum atomic E-state index is -0.267. The van der Waals surface area contributed by atoms with Gasteiger partial charge in [-0.2, -0.15) is 0 Å². The van der Waals surface area contributed by atoms with Gasteiger partial charge in [0.25, 0.3) is 0 Å². The lowest BCUT2D eigenvalue weighted by Gasteiger charge is -2.35. The first-order chi connectivity index (χ1) is 16.1. The minimum Gasteiger partial charge on any atom is -0.450 e. The Morgan fingerprint density at radius 1 is 1.03 bits per heavy atom. The maximum atomic E-state index is 12.8. The SMILES string of the molecule is CCOC(=O)N1CCC(NC(=O)C2CCN(c3cc(Oc4ccccc4)ncn3)CC2)CC1. The summed E-state index contributed by atoms with van der Waals surface area (Å²) in [5.41, 5.74) is 0. The average Bonchev–Trinajstić information content (AvgIpc) is 2.85. The predicted octanol–water partition coefficient (Wildman–Crippen LogP) is 3.22. The van der Waals surface area contributed by atoms with Gasteiger partial charge >= 0.3 is 6.09 Å². The number of nitrogens with zero attached hydrogens (tertiary/aromatic N) is 4. The fraction of sp³-hybridized carbons (Fsp3) is 0.500. The van der Waals surface area contributed by atoms with Crippen LogP contribution in [0.25, 0.3) is 0 Å². The van der Waals surface area contributed by atoms with Crippen molar-refractivity contribution in [3.8, 4) is 11.6 Å². The maximum absolute atomic E-state index is 12.8. The Morgan fingerprint density at radius 2 is 1.76 bits per heavy atom. The third kappa shape index (κ3) is 6.12. The van der Waals surface area contributed by atoms with Gasteiger partial charge in [0.2, 0.25) is 11.8 Å². The van der Waals surface area contributed by atoms with E-state index in [4.69, 9.17) is 9.47 Å². The normalized spacial score (nSPS) is 17.5. The van der Waals surface area contributed by atoms with E-state index >= 15 is 0 Å². The van der Waals surface area contributed by atoms with Gasteiger partial charge in [0.05, 0.1) is 6.61 Å². The minimum absolute atomic E-state index is 0.00814. The van der Waals surface area contributed by atoms with Crippen molar-refractivity contribution in [2.45, 2.75) is 38.6 Å². The van der Waals surface area contributed by atoms with E-state index in [2.05, 4.69) is 20.2 Å². The van der Waals surface area contributed by atoms with Crippen molar-refractivity contribution in [3.63, 3.8) is 0 Å². The Labute approximate surface area is 194 Å². The summed E-state index contributed by atoms with van der Waals surface area (Å²) in [5.74, 6) is 2.14. The average molecular weight is 454 g/mol. The van der Waals surface area contributed by atoms with Crippen molar-refractivity contribution in [1.82, 2.24) is 20.2 Å². The summed E-state index contributed by atoms with van der Waals surface area (Å²) in [6.07, 6.45) is 4.30. The lowest BCUT2D eigenvalue weighted by Crippen LogP contribution is -2.49. The molecule has 2 aromatic rings. The summed E-state index contributed by atoms with van der Waals surface area (Å²) in [6.45, 7) is 4.91. The maximum Gasteiger partial charge on any atom is 0.409 e. The second-order valence-electron chi connectivity index (χ2n) is 8.36. The van der Waals surface area contributed by atoms with E-state index in [1.807, 2.05) is 36.4 Å². The van der Waals surface area contributed by atoms with E-state index in [0.717, 1.165) is 50.3 Å². The van der Waals surface area contributed by atoms with E-state index < -0.39 is 0 Å². The molecule has 9 nitrogen and oxygen atoms in total. The van der Waals surface area contributed by atoms with Crippen LogP contribution in [0.5, 0.6) is 11.6 Å². The molecule has 2 saturated heterocycles. The molecule has 1 aromatic heterocycles. The molecule has 2 aliphatic heterocycles. The van der Waals surface area contributed by atoms with E-state index in [0.29, 0.717) is 25.6 Å². The molecule has 0 unspecified atom stereocenters. The van der Waals surface area contributed by atoms with Gasteiger partial charge < -0.3 is 24.6 Å². The van der Waals surface area contributed by atoms with Crippen LogP contribution in [0, 0.1) is 5.92 Å². The Balaban J connectivity index is 1.23. The van der Waals surface area contributed by atoms with E-state index in [1.165, 1.54) is 6.33 Å². The molecule has 2 aliphatic rings. The highest BCUT2D eigenvalue weighted by molar-refractivity contribution is 5.79. The molecule has 0 atom stereocenters. The number of piperidine rings is 2. The number of hydrogen-bond donors (Lipinski definition) is 1. The quantitative estimate of drug-likeness (QED) is 0.717. The molecule has 3 heterocycles. The van der Waals surface area contributed by atoms with Gasteiger partial charge in [0.1, 0.15) is 17.9 Å². The lowest BCUT2D eigenvalue weighted by atomic mass is 9.94. The Kier molecular flexibility index (Phi) is 7.59. The molecule has 0 spiro atoms. The van der Waals surface area contributed by atoms with E-state index in [-0.39, 0.29) is 24.0 Å². The summed E-state index contributed by atoms with van der Waals surface area (Å²) in [5, 5.41) is 3.19. The molecule has 0 radical (unpaired) electrons. The third-order valence-electron chi connectivity index (χ3n) is 6.15. The summed E-state index contributed by atoms with van der Waals surface area (Å²) >= 11 is 0. The Bertz CT molecular complexity index is 925. The molecule has 1 aromatic carbocycles. The number of rotatable bonds is 6. The monoisotopic (exact) mass is 453 g/mol. The van der Waals surface area contributed by atoms with Crippen molar-refractivity contribution in [2.75, 3.05) is 37.7 Å². The van der Waals surface area contributed by atoms with Gasteiger partial charge in [-0.3, -0.25) is 4.79 Å². The van der Waals surface area contributed by atoms with Crippen LogP contribution in [0.3, 0.4) is 0 Å². The summed E-state index contributed by atoms with van der Waals surface area (Å²) in [4.78, 5) is 37.1. The topological polar surface area (TPSA) is 96.9 Å². The van der Waals surface area contributed by atoms with E-state index in [1.54, 1.807) is 11.8 Å². The number of nitrogens with one attached hydrogen (secondary N) is 1. The van der Waals surface area contributed by atoms with Crippen molar-refractivity contribution < 1.29 is 19.1 Å². The van der Waals surface area contributed by atoms with Gasteiger partial charge in [0, 0.05) is 44.2 Å². The van der Waals surface area contributed by atoms with Gasteiger partial charge in [-0.15, -0.1) is 0 Å². The zero-order chi connectivity index (χ0) is 23.0. The zero-order valence-corrected chi connectivity index (χ0v) is 19.0. The third-order valence-corrected chi connectivity index (χ3v) is 6.15. The van der Waals surface area contributed by atoms with Crippen LogP contribution in [0.1, 0.15) is 32.6 Å². The molecule has 176 valence electrons. The number of ether oxygens (including phenoxy) is 2. The molecular formula is C24H31N5O4. The van der Waals surface area contributed by atoms with Crippen LogP contribution in [0.15, 0.2) is 42.7 Å². The molecule has 0 saturated carbocycles. The summed E-state index contributed by atoms with van der Waals surface area (Å²) in [6, 6.07) is 11.5. The standard InChI is InChI=1S/C24H31N5O4/c1-2-32-24(31)29-14-10-19(11-15-29)27-23(30)18-8-12-28(13-9-18)21-16-22(26-17-25-21)33-20-6-4-3-5-7-20/h3-7,16-19H,2,8-15H2,1H3,(H,27,30). The number of carbonyl (C=O) groups is 2. The second kappa shape index (κ2) is 11.0. The summed E-state index contributed by atoms with van der Waals surface area (Å²) in [7, 11) is 0. The summed E-state index contributed by atoms with van der Waals surface area (Å²) < 4.78 is 10.9. The Morgan fingerprint density at radius 3 is 2.45 bits per heavy atom. The highest BCUT2D eigenvalue weighted by Gasteiger charge is 2.29. The van der Waals surface area contributed by atoms with Crippen LogP contribution in [0.4, 0.5) is 10.6 Å². The molecule has 0 bridgehead atoms. The predicted molar refractivity (Wildman–Crippen MR) is 123 cm³/mol. The van der Waals surface area contributed by atoms with Crippen LogP contribution in [0.2, 0.25) is 0 Å². The molecule has 1 N–H and O–H groups in total. The van der Waals surface area contributed by atoms with Crippen LogP contribution < -0.4 is 15.0 Å². The number of amides is 2. The van der Waals surface area contributed by atoms with Gasteiger partial charge in [-0.05, 0) is 44.7 Å². The number of carbonyl (C=O) groups excluding carboxylic acids is 2. The largest absolute Gasteiger partial charge is 0.450 e. The van der Waals surface area contributed by atoms with Crippen molar-refractivity contribution in [3.05, 3.63) is 42.7 Å². The van der Waals surface area contributed by atoms with Gasteiger partial charge in [-0.25, -0.2) is 14.8 Å². The number of hydrogen-bond acceptors (Lipinski definition) is 7. The number of benzene rings is 1. The molecule has 0 aliphatic carbocycles. The number of para-hydroxylation sites is 1. The van der Waals surface area contributed by atoms with E-state index in [9.17, 15) is 9.59 Å². The molecule has 4 rings (SSSR count). The fourth-order valence-electron chi connectivity index (χ4n) is 4.28. The number of anilines is 1.